The Morgan fingerprint density at radius 2 is 2.26 bits per heavy atom. The monoisotopic (exact) mass is 262 g/mol. The van der Waals surface area contributed by atoms with E-state index < -0.39 is 0 Å². The van der Waals surface area contributed by atoms with Crippen molar-refractivity contribution in [2.45, 2.75) is 32.7 Å². The lowest BCUT2D eigenvalue weighted by Gasteiger charge is -2.32. The van der Waals surface area contributed by atoms with E-state index in [9.17, 15) is 0 Å². The standard InChI is InChI=1S/C16H26N2O/c1-3-13-6-7-16(19-2)15(9-13)12-18-8-4-5-14(10-17)11-18/h6-7,9,14H,3-5,8,10-12,17H2,1-2H3. The topological polar surface area (TPSA) is 38.5 Å². The van der Waals surface area contributed by atoms with Crippen molar-refractivity contribution >= 4 is 0 Å². The molecule has 1 aliphatic heterocycles. The fourth-order valence-electron chi connectivity index (χ4n) is 2.90. The van der Waals surface area contributed by atoms with E-state index in [0.29, 0.717) is 5.92 Å². The molecular weight excluding hydrogens is 236 g/mol. The van der Waals surface area contributed by atoms with Crippen molar-refractivity contribution in [3.05, 3.63) is 29.3 Å². The van der Waals surface area contributed by atoms with Gasteiger partial charge in [0.25, 0.3) is 0 Å². The molecule has 1 heterocycles. The van der Waals surface area contributed by atoms with E-state index in [4.69, 9.17) is 10.5 Å². The van der Waals surface area contributed by atoms with Crippen molar-refractivity contribution in [3.8, 4) is 5.75 Å². The lowest BCUT2D eigenvalue weighted by atomic mass is 9.97. The highest BCUT2D eigenvalue weighted by Crippen LogP contribution is 2.24. The summed E-state index contributed by atoms with van der Waals surface area (Å²) in [6.07, 6.45) is 3.61. The Labute approximate surface area is 116 Å². The number of likely N-dealkylation sites (tertiary alicyclic amines) is 1. The van der Waals surface area contributed by atoms with Gasteiger partial charge < -0.3 is 10.5 Å². The Kier molecular flexibility index (Phi) is 5.23. The van der Waals surface area contributed by atoms with Crippen molar-refractivity contribution in [2.24, 2.45) is 11.7 Å². The summed E-state index contributed by atoms with van der Waals surface area (Å²) in [4.78, 5) is 2.51. The van der Waals surface area contributed by atoms with Gasteiger partial charge in [-0.05, 0) is 49.9 Å². The summed E-state index contributed by atoms with van der Waals surface area (Å²) in [5.74, 6) is 1.67. The molecule has 0 spiro atoms. The number of aryl methyl sites for hydroxylation is 1. The Balaban J connectivity index is 2.08. The van der Waals surface area contributed by atoms with E-state index >= 15 is 0 Å². The van der Waals surface area contributed by atoms with E-state index in [-0.39, 0.29) is 0 Å². The first-order chi connectivity index (χ1) is 9.26. The molecule has 2 N–H and O–H groups in total. The molecule has 1 saturated heterocycles. The van der Waals surface area contributed by atoms with Gasteiger partial charge in [0, 0.05) is 18.7 Å². The third-order valence-corrected chi connectivity index (χ3v) is 4.08. The van der Waals surface area contributed by atoms with Crippen molar-refractivity contribution in [1.29, 1.82) is 0 Å². The van der Waals surface area contributed by atoms with E-state index in [1.807, 2.05) is 0 Å². The summed E-state index contributed by atoms with van der Waals surface area (Å²) in [5, 5.41) is 0. The predicted molar refractivity (Wildman–Crippen MR) is 79.4 cm³/mol. The van der Waals surface area contributed by atoms with Crippen LogP contribution in [0.25, 0.3) is 0 Å². The van der Waals surface area contributed by atoms with Crippen LogP contribution in [0.5, 0.6) is 5.75 Å². The largest absolute Gasteiger partial charge is 0.496 e. The Morgan fingerprint density at radius 3 is 2.95 bits per heavy atom. The van der Waals surface area contributed by atoms with Gasteiger partial charge in [0.2, 0.25) is 0 Å². The highest BCUT2D eigenvalue weighted by atomic mass is 16.5. The molecule has 2 rings (SSSR count). The maximum Gasteiger partial charge on any atom is 0.123 e. The number of methoxy groups -OCH3 is 1. The first-order valence-corrected chi connectivity index (χ1v) is 7.35. The summed E-state index contributed by atoms with van der Waals surface area (Å²) in [6, 6.07) is 6.53. The Hall–Kier alpha value is -1.06. The van der Waals surface area contributed by atoms with Gasteiger partial charge in [-0.1, -0.05) is 19.1 Å². The molecule has 1 unspecified atom stereocenters. The summed E-state index contributed by atoms with van der Waals surface area (Å²) in [5.41, 5.74) is 8.49. The maximum absolute atomic E-state index is 5.81. The zero-order chi connectivity index (χ0) is 13.7. The van der Waals surface area contributed by atoms with Crippen molar-refractivity contribution in [1.82, 2.24) is 4.90 Å². The molecule has 1 aromatic carbocycles. The van der Waals surface area contributed by atoms with E-state index in [2.05, 4.69) is 30.0 Å². The van der Waals surface area contributed by atoms with Gasteiger partial charge in [-0.3, -0.25) is 4.90 Å². The molecule has 0 aliphatic carbocycles. The predicted octanol–water partition coefficient (Wildman–Crippen LogP) is 2.43. The molecule has 0 aromatic heterocycles. The first-order valence-electron chi connectivity index (χ1n) is 7.35. The zero-order valence-corrected chi connectivity index (χ0v) is 12.2. The maximum atomic E-state index is 5.81. The lowest BCUT2D eigenvalue weighted by molar-refractivity contribution is 0.169. The number of nitrogens with two attached hydrogens (primary N) is 1. The molecule has 0 radical (unpaired) electrons. The minimum Gasteiger partial charge on any atom is -0.496 e. The summed E-state index contributed by atoms with van der Waals surface area (Å²) in [6.45, 7) is 6.28. The molecule has 1 aliphatic rings. The SMILES string of the molecule is CCc1ccc(OC)c(CN2CCCC(CN)C2)c1. The van der Waals surface area contributed by atoms with Crippen LogP contribution in [0.2, 0.25) is 0 Å². The number of rotatable bonds is 5. The molecule has 0 bridgehead atoms. The molecule has 1 fully saturated rings. The number of benzene rings is 1. The van der Waals surface area contributed by atoms with Crippen LogP contribution in [0.1, 0.15) is 30.9 Å². The van der Waals surface area contributed by atoms with Crippen LogP contribution in [0.3, 0.4) is 0 Å². The lowest BCUT2D eigenvalue weighted by Crippen LogP contribution is -2.37. The molecule has 19 heavy (non-hydrogen) atoms. The second-order valence-corrected chi connectivity index (χ2v) is 5.48. The van der Waals surface area contributed by atoms with E-state index in [0.717, 1.165) is 31.8 Å². The third-order valence-electron chi connectivity index (χ3n) is 4.08. The van der Waals surface area contributed by atoms with Crippen LogP contribution in [0.15, 0.2) is 18.2 Å². The minimum atomic E-state index is 0.661. The Bertz CT molecular complexity index is 406. The normalized spacial score (nSPS) is 20.5. The quantitative estimate of drug-likeness (QED) is 0.885. The third kappa shape index (κ3) is 3.71. The number of hydrogen-bond acceptors (Lipinski definition) is 3. The number of hydrogen-bond donors (Lipinski definition) is 1. The van der Waals surface area contributed by atoms with Gasteiger partial charge in [0.05, 0.1) is 7.11 Å². The van der Waals surface area contributed by atoms with Gasteiger partial charge in [-0.2, -0.15) is 0 Å². The zero-order valence-electron chi connectivity index (χ0n) is 12.2. The van der Waals surface area contributed by atoms with Crippen molar-refractivity contribution in [2.75, 3.05) is 26.7 Å². The average Bonchev–Trinajstić information content (AvgIpc) is 2.47. The van der Waals surface area contributed by atoms with Crippen LogP contribution in [0, 0.1) is 5.92 Å². The minimum absolute atomic E-state index is 0.661. The molecule has 0 saturated carbocycles. The fourth-order valence-corrected chi connectivity index (χ4v) is 2.90. The van der Waals surface area contributed by atoms with Gasteiger partial charge in [-0.25, -0.2) is 0 Å². The Morgan fingerprint density at radius 1 is 1.42 bits per heavy atom. The van der Waals surface area contributed by atoms with Crippen LogP contribution >= 0.6 is 0 Å². The smallest absolute Gasteiger partial charge is 0.123 e. The molecule has 1 aromatic rings. The summed E-state index contributed by atoms with van der Waals surface area (Å²) >= 11 is 0. The fraction of sp³-hybridized carbons (Fsp3) is 0.625. The highest BCUT2D eigenvalue weighted by molar-refractivity contribution is 5.37. The van der Waals surface area contributed by atoms with Crippen LogP contribution in [-0.2, 0) is 13.0 Å². The molecule has 3 heteroatoms. The van der Waals surface area contributed by atoms with E-state index in [1.54, 1.807) is 7.11 Å². The van der Waals surface area contributed by atoms with Gasteiger partial charge >= 0.3 is 0 Å². The van der Waals surface area contributed by atoms with Gasteiger partial charge in [0.1, 0.15) is 5.75 Å². The average molecular weight is 262 g/mol. The number of piperidine rings is 1. The number of ether oxygens (including phenoxy) is 1. The summed E-state index contributed by atoms with van der Waals surface area (Å²) in [7, 11) is 1.75. The summed E-state index contributed by atoms with van der Waals surface area (Å²) < 4.78 is 5.49. The molecule has 0 amide bonds. The number of nitrogens with zero attached hydrogens (tertiary/aromatic N) is 1. The van der Waals surface area contributed by atoms with E-state index in [1.165, 1.54) is 30.5 Å². The van der Waals surface area contributed by atoms with Gasteiger partial charge in [-0.15, -0.1) is 0 Å². The van der Waals surface area contributed by atoms with Crippen LogP contribution in [0.4, 0.5) is 0 Å². The van der Waals surface area contributed by atoms with Crippen molar-refractivity contribution < 1.29 is 4.74 Å². The molecular formula is C16H26N2O. The molecule has 3 nitrogen and oxygen atoms in total. The van der Waals surface area contributed by atoms with Crippen LogP contribution in [-0.4, -0.2) is 31.6 Å². The first kappa shape index (κ1) is 14.4. The molecule has 1 atom stereocenters. The second kappa shape index (κ2) is 6.92. The highest BCUT2D eigenvalue weighted by Gasteiger charge is 2.19. The van der Waals surface area contributed by atoms with Crippen molar-refractivity contribution in [3.63, 3.8) is 0 Å². The van der Waals surface area contributed by atoms with Gasteiger partial charge in [0.15, 0.2) is 0 Å². The molecule has 106 valence electrons. The second-order valence-electron chi connectivity index (χ2n) is 5.48. The van der Waals surface area contributed by atoms with Crippen LogP contribution < -0.4 is 10.5 Å².